The van der Waals surface area contributed by atoms with E-state index in [0.29, 0.717) is 5.56 Å². The Labute approximate surface area is 130 Å². The predicted molar refractivity (Wildman–Crippen MR) is 86.5 cm³/mol. The smallest absolute Gasteiger partial charge is 0.251 e. The molecule has 0 saturated heterocycles. The molecule has 0 spiro atoms. The molecule has 0 aromatic heterocycles. The van der Waals surface area contributed by atoms with Crippen molar-refractivity contribution >= 4 is 11.8 Å². The molecule has 22 heavy (non-hydrogen) atoms. The number of hydrogen-bond donors (Lipinski definition) is 2. The molecule has 0 saturated carbocycles. The number of carbonyl (C=O) groups excluding carboxylic acids is 2. The molecular formula is C18H20N2O2. The minimum absolute atomic E-state index is 0.0378. The van der Waals surface area contributed by atoms with Gasteiger partial charge < -0.3 is 10.6 Å². The van der Waals surface area contributed by atoms with Crippen LogP contribution in [-0.4, -0.2) is 18.4 Å². The number of aryl methyl sites for hydroxylation is 1. The van der Waals surface area contributed by atoms with E-state index in [-0.39, 0.29) is 24.4 Å². The highest BCUT2D eigenvalue weighted by atomic mass is 16.2. The van der Waals surface area contributed by atoms with Gasteiger partial charge in [0.05, 0.1) is 12.6 Å². The van der Waals surface area contributed by atoms with Gasteiger partial charge >= 0.3 is 0 Å². The van der Waals surface area contributed by atoms with Gasteiger partial charge in [0.1, 0.15) is 0 Å². The van der Waals surface area contributed by atoms with Gasteiger partial charge in [0.25, 0.3) is 5.91 Å². The molecule has 0 radical (unpaired) electrons. The number of rotatable bonds is 5. The average molecular weight is 296 g/mol. The summed E-state index contributed by atoms with van der Waals surface area (Å²) in [5, 5.41) is 5.48. The minimum atomic E-state index is -0.251. The maximum atomic E-state index is 11.9. The lowest BCUT2D eigenvalue weighted by Gasteiger charge is -2.15. The minimum Gasteiger partial charge on any atom is -0.348 e. The van der Waals surface area contributed by atoms with E-state index < -0.39 is 0 Å². The third-order valence-corrected chi connectivity index (χ3v) is 3.40. The standard InChI is InChI=1S/C18H20N2O2/c1-13-8-10-15(11-9-13)14(2)20-17(21)12-19-18(22)16-6-4-3-5-7-16/h3-11,14H,12H2,1-2H3,(H,19,22)(H,20,21). The van der Waals surface area contributed by atoms with Gasteiger partial charge in [0, 0.05) is 5.56 Å². The van der Waals surface area contributed by atoms with Crippen LogP contribution in [0.5, 0.6) is 0 Å². The van der Waals surface area contributed by atoms with E-state index in [0.717, 1.165) is 5.56 Å². The van der Waals surface area contributed by atoms with Crippen molar-refractivity contribution in [3.05, 3.63) is 71.3 Å². The van der Waals surface area contributed by atoms with Crippen molar-refractivity contribution in [2.45, 2.75) is 19.9 Å². The summed E-state index contributed by atoms with van der Waals surface area (Å²) in [6.07, 6.45) is 0. The van der Waals surface area contributed by atoms with Crippen LogP contribution >= 0.6 is 0 Å². The Morgan fingerprint density at radius 2 is 1.64 bits per heavy atom. The molecule has 0 bridgehead atoms. The first-order valence-corrected chi connectivity index (χ1v) is 7.25. The first-order chi connectivity index (χ1) is 10.6. The highest BCUT2D eigenvalue weighted by Gasteiger charge is 2.11. The van der Waals surface area contributed by atoms with Crippen LogP contribution < -0.4 is 10.6 Å². The Morgan fingerprint density at radius 3 is 2.27 bits per heavy atom. The molecule has 2 aromatic rings. The Bertz CT molecular complexity index is 636. The SMILES string of the molecule is Cc1ccc(C(C)NC(=O)CNC(=O)c2ccccc2)cc1. The summed E-state index contributed by atoms with van der Waals surface area (Å²) in [4.78, 5) is 23.8. The summed E-state index contributed by atoms with van der Waals surface area (Å²) >= 11 is 0. The topological polar surface area (TPSA) is 58.2 Å². The zero-order chi connectivity index (χ0) is 15.9. The van der Waals surface area contributed by atoms with Crippen molar-refractivity contribution < 1.29 is 9.59 Å². The average Bonchev–Trinajstić information content (AvgIpc) is 2.54. The first-order valence-electron chi connectivity index (χ1n) is 7.25. The summed E-state index contributed by atoms with van der Waals surface area (Å²) in [5.41, 5.74) is 2.76. The molecule has 0 aliphatic rings. The fourth-order valence-corrected chi connectivity index (χ4v) is 2.08. The lowest BCUT2D eigenvalue weighted by atomic mass is 10.1. The summed E-state index contributed by atoms with van der Waals surface area (Å²) in [6, 6.07) is 16.7. The van der Waals surface area contributed by atoms with Crippen molar-refractivity contribution in [3.63, 3.8) is 0 Å². The maximum absolute atomic E-state index is 11.9. The number of nitrogens with one attached hydrogen (secondary N) is 2. The zero-order valence-corrected chi connectivity index (χ0v) is 12.8. The van der Waals surface area contributed by atoms with Gasteiger partial charge in [-0.1, -0.05) is 48.0 Å². The van der Waals surface area contributed by atoms with E-state index in [4.69, 9.17) is 0 Å². The van der Waals surface area contributed by atoms with Crippen molar-refractivity contribution in [3.8, 4) is 0 Å². The van der Waals surface area contributed by atoms with Gasteiger partial charge in [0.2, 0.25) is 5.91 Å². The molecule has 0 heterocycles. The van der Waals surface area contributed by atoms with Crippen LogP contribution in [0.3, 0.4) is 0 Å². The normalized spacial score (nSPS) is 11.5. The molecule has 0 aliphatic carbocycles. The van der Waals surface area contributed by atoms with Gasteiger partial charge in [-0.2, -0.15) is 0 Å². The van der Waals surface area contributed by atoms with Gasteiger partial charge in [-0.25, -0.2) is 0 Å². The molecule has 2 amide bonds. The highest BCUT2D eigenvalue weighted by Crippen LogP contribution is 2.12. The number of benzene rings is 2. The van der Waals surface area contributed by atoms with Crippen molar-refractivity contribution in [1.82, 2.24) is 10.6 Å². The number of hydrogen-bond acceptors (Lipinski definition) is 2. The zero-order valence-electron chi connectivity index (χ0n) is 12.8. The highest BCUT2D eigenvalue weighted by molar-refractivity contribution is 5.96. The molecular weight excluding hydrogens is 276 g/mol. The van der Waals surface area contributed by atoms with Gasteiger partial charge in [-0.05, 0) is 31.5 Å². The van der Waals surface area contributed by atoms with Crippen LogP contribution in [0.1, 0.15) is 34.5 Å². The van der Waals surface area contributed by atoms with Gasteiger partial charge in [-0.15, -0.1) is 0 Å². The van der Waals surface area contributed by atoms with E-state index in [9.17, 15) is 9.59 Å². The van der Waals surface area contributed by atoms with Crippen molar-refractivity contribution in [1.29, 1.82) is 0 Å². The van der Waals surface area contributed by atoms with E-state index in [2.05, 4.69) is 10.6 Å². The van der Waals surface area contributed by atoms with E-state index in [1.54, 1.807) is 24.3 Å². The van der Waals surface area contributed by atoms with Crippen molar-refractivity contribution in [2.24, 2.45) is 0 Å². The fourth-order valence-electron chi connectivity index (χ4n) is 2.08. The Hall–Kier alpha value is -2.62. The van der Waals surface area contributed by atoms with Crippen LogP contribution in [0.25, 0.3) is 0 Å². The fraction of sp³-hybridized carbons (Fsp3) is 0.222. The molecule has 114 valence electrons. The van der Waals surface area contributed by atoms with E-state index >= 15 is 0 Å². The third kappa shape index (κ3) is 4.45. The molecule has 4 nitrogen and oxygen atoms in total. The molecule has 1 atom stereocenters. The molecule has 0 aliphatic heterocycles. The maximum Gasteiger partial charge on any atom is 0.251 e. The molecule has 4 heteroatoms. The number of carbonyl (C=O) groups is 2. The lowest BCUT2D eigenvalue weighted by molar-refractivity contribution is -0.120. The number of amides is 2. The molecule has 1 unspecified atom stereocenters. The monoisotopic (exact) mass is 296 g/mol. The van der Waals surface area contributed by atoms with Gasteiger partial charge in [-0.3, -0.25) is 9.59 Å². The third-order valence-electron chi connectivity index (χ3n) is 3.40. The quantitative estimate of drug-likeness (QED) is 0.891. The molecule has 0 fully saturated rings. The van der Waals surface area contributed by atoms with E-state index in [1.165, 1.54) is 5.56 Å². The van der Waals surface area contributed by atoms with E-state index in [1.807, 2.05) is 44.2 Å². The first kappa shape index (κ1) is 15.8. The summed E-state index contributed by atoms with van der Waals surface area (Å²) < 4.78 is 0. The van der Waals surface area contributed by atoms with Crippen LogP contribution in [-0.2, 0) is 4.79 Å². The second-order valence-corrected chi connectivity index (χ2v) is 5.25. The largest absolute Gasteiger partial charge is 0.348 e. The Kier molecular flexibility index (Phi) is 5.31. The summed E-state index contributed by atoms with van der Waals surface area (Å²) in [5.74, 6) is -0.462. The van der Waals surface area contributed by atoms with Crippen LogP contribution in [0.15, 0.2) is 54.6 Å². The molecule has 2 N–H and O–H groups in total. The van der Waals surface area contributed by atoms with Gasteiger partial charge in [0.15, 0.2) is 0 Å². The second kappa shape index (κ2) is 7.41. The lowest BCUT2D eigenvalue weighted by Crippen LogP contribution is -2.38. The van der Waals surface area contributed by atoms with Crippen LogP contribution in [0, 0.1) is 6.92 Å². The molecule has 2 rings (SSSR count). The van der Waals surface area contributed by atoms with Crippen LogP contribution in [0.4, 0.5) is 0 Å². The Balaban J connectivity index is 1.83. The summed E-state index contributed by atoms with van der Waals surface area (Å²) in [6.45, 7) is 3.90. The predicted octanol–water partition coefficient (Wildman–Crippen LogP) is 2.60. The summed E-state index contributed by atoms with van der Waals surface area (Å²) in [7, 11) is 0. The van der Waals surface area contributed by atoms with Crippen molar-refractivity contribution in [2.75, 3.05) is 6.54 Å². The van der Waals surface area contributed by atoms with Crippen LogP contribution in [0.2, 0.25) is 0 Å². The Morgan fingerprint density at radius 1 is 1.00 bits per heavy atom. The second-order valence-electron chi connectivity index (χ2n) is 5.25. The molecule has 2 aromatic carbocycles.